The van der Waals surface area contributed by atoms with E-state index in [1.54, 1.807) is 0 Å². The Labute approximate surface area is 83.7 Å². The van der Waals surface area contributed by atoms with Crippen LogP contribution in [0.5, 0.6) is 0 Å². The summed E-state index contributed by atoms with van der Waals surface area (Å²) < 4.78 is 0.772. The van der Waals surface area contributed by atoms with Gasteiger partial charge in [-0.25, -0.2) is 0 Å². The molecule has 1 nitrogen and oxygen atoms in total. The smallest absolute Gasteiger partial charge is 0.0558 e. The van der Waals surface area contributed by atoms with Crippen molar-refractivity contribution in [3.8, 4) is 0 Å². The summed E-state index contributed by atoms with van der Waals surface area (Å²) >= 11 is 4.00. The van der Waals surface area contributed by atoms with Crippen molar-refractivity contribution in [3.63, 3.8) is 0 Å². The lowest BCUT2D eigenvalue weighted by atomic mass is 10.2. The highest BCUT2D eigenvalue weighted by Crippen LogP contribution is 2.40. The van der Waals surface area contributed by atoms with Crippen LogP contribution >= 0.6 is 23.5 Å². The Morgan fingerprint density at radius 1 is 1.42 bits per heavy atom. The van der Waals surface area contributed by atoms with E-state index in [1.165, 1.54) is 25.7 Å². The number of hydrogen-bond donors (Lipinski definition) is 1. The third-order valence-electron chi connectivity index (χ3n) is 2.06. The van der Waals surface area contributed by atoms with Crippen molar-refractivity contribution < 1.29 is 5.11 Å². The van der Waals surface area contributed by atoms with Gasteiger partial charge in [-0.05, 0) is 6.42 Å². The largest absolute Gasteiger partial charge is 0.395 e. The fourth-order valence-corrected chi connectivity index (χ4v) is 4.57. The minimum Gasteiger partial charge on any atom is -0.395 e. The van der Waals surface area contributed by atoms with Crippen molar-refractivity contribution in [2.24, 2.45) is 0 Å². The van der Waals surface area contributed by atoms with Crippen molar-refractivity contribution in [2.75, 3.05) is 12.4 Å². The number of rotatable bonds is 5. The van der Waals surface area contributed by atoms with Crippen LogP contribution in [0.4, 0.5) is 0 Å². The third kappa shape index (κ3) is 3.58. The molecule has 0 unspecified atom stereocenters. The highest BCUT2D eigenvalue weighted by Gasteiger charge is 2.24. The zero-order valence-electron chi connectivity index (χ0n) is 7.66. The van der Waals surface area contributed by atoms with E-state index < -0.39 is 0 Å². The second kappa shape index (κ2) is 6.17. The average Bonchev–Trinajstić information content (AvgIpc) is 2.53. The maximum Gasteiger partial charge on any atom is 0.0558 e. The molecule has 0 bridgehead atoms. The van der Waals surface area contributed by atoms with Crippen LogP contribution in [0.15, 0.2) is 0 Å². The average molecular weight is 206 g/mol. The van der Waals surface area contributed by atoms with Gasteiger partial charge in [0.2, 0.25) is 0 Å². The van der Waals surface area contributed by atoms with Crippen molar-refractivity contribution in [2.45, 2.75) is 42.4 Å². The maximum atomic E-state index is 8.92. The van der Waals surface area contributed by atoms with E-state index in [9.17, 15) is 0 Å². The van der Waals surface area contributed by atoms with E-state index in [-0.39, 0.29) is 0 Å². The van der Waals surface area contributed by atoms with Crippen LogP contribution in [0.3, 0.4) is 0 Å². The minimum absolute atomic E-state index is 0.363. The molecule has 1 heterocycles. The van der Waals surface area contributed by atoms with Gasteiger partial charge in [-0.1, -0.05) is 26.2 Å². The van der Waals surface area contributed by atoms with Gasteiger partial charge in [0.1, 0.15) is 0 Å². The topological polar surface area (TPSA) is 20.2 Å². The van der Waals surface area contributed by atoms with Gasteiger partial charge < -0.3 is 5.11 Å². The standard InChI is InChI=1S/C9H18OS2/c1-2-3-4-5-9-11-7-8(6-10)12-9/h8-10H,2-7H2,1H3/t8-,9+/m0/s1. The number of aliphatic hydroxyl groups is 1. The normalized spacial score (nSPS) is 29.5. The van der Waals surface area contributed by atoms with E-state index >= 15 is 0 Å². The molecule has 0 spiro atoms. The van der Waals surface area contributed by atoms with Crippen LogP contribution in [-0.4, -0.2) is 27.3 Å². The van der Waals surface area contributed by atoms with Gasteiger partial charge in [0.15, 0.2) is 0 Å². The van der Waals surface area contributed by atoms with E-state index in [1.807, 2.05) is 23.5 Å². The van der Waals surface area contributed by atoms with Gasteiger partial charge in [-0.3, -0.25) is 0 Å². The molecular weight excluding hydrogens is 188 g/mol. The molecule has 3 heteroatoms. The SMILES string of the molecule is CCCCC[C@@H]1SC[C@H](CO)S1. The summed E-state index contributed by atoms with van der Waals surface area (Å²) in [6.07, 6.45) is 5.37. The van der Waals surface area contributed by atoms with E-state index in [0.717, 1.165) is 10.3 Å². The zero-order chi connectivity index (χ0) is 8.81. The first-order chi connectivity index (χ1) is 5.86. The lowest BCUT2D eigenvalue weighted by molar-refractivity contribution is 0.301. The van der Waals surface area contributed by atoms with Gasteiger partial charge in [-0.15, -0.1) is 23.5 Å². The van der Waals surface area contributed by atoms with Gasteiger partial charge >= 0.3 is 0 Å². The van der Waals surface area contributed by atoms with Crippen molar-refractivity contribution >= 4 is 23.5 Å². The first kappa shape index (κ1) is 10.7. The maximum absolute atomic E-state index is 8.92. The first-order valence-electron chi connectivity index (χ1n) is 4.74. The molecule has 0 aromatic heterocycles. The monoisotopic (exact) mass is 206 g/mol. The van der Waals surface area contributed by atoms with Crippen LogP contribution in [0.25, 0.3) is 0 Å². The summed E-state index contributed by atoms with van der Waals surface area (Å²) in [6.45, 7) is 2.60. The van der Waals surface area contributed by atoms with Gasteiger partial charge in [0.25, 0.3) is 0 Å². The molecule has 72 valence electrons. The molecular formula is C9H18OS2. The van der Waals surface area contributed by atoms with Crippen molar-refractivity contribution in [3.05, 3.63) is 0 Å². The van der Waals surface area contributed by atoms with E-state index in [4.69, 9.17) is 5.11 Å². The zero-order valence-corrected chi connectivity index (χ0v) is 9.29. The van der Waals surface area contributed by atoms with Crippen LogP contribution < -0.4 is 0 Å². The molecule has 0 aromatic rings. The summed E-state index contributed by atoms with van der Waals surface area (Å²) in [6, 6.07) is 0. The predicted molar refractivity (Wildman–Crippen MR) is 58.9 cm³/mol. The Balaban J connectivity index is 2.03. The molecule has 0 amide bonds. The summed E-state index contributed by atoms with van der Waals surface area (Å²) in [7, 11) is 0. The molecule has 0 aliphatic carbocycles. The Morgan fingerprint density at radius 2 is 2.25 bits per heavy atom. The number of hydrogen-bond acceptors (Lipinski definition) is 3. The Morgan fingerprint density at radius 3 is 2.83 bits per heavy atom. The molecule has 0 aromatic carbocycles. The molecule has 1 fully saturated rings. The molecule has 1 rings (SSSR count). The molecule has 1 aliphatic heterocycles. The quantitative estimate of drug-likeness (QED) is 0.699. The van der Waals surface area contributed by atoms with Crippen molar-refractivity contribution in [1.82, 2.24) is 0 Å². The van der Waals surface area contributed by atoms with Crippen LogP contribution in [0.2, 0.25) is 0 Å². The van der Waals surface area contributed by atoms with Crippen LogP contribution in [-0.2, 0) is 0 Å². The minimum atomic E-state index is 0.363. The van der Waals surface area contributed by atoms with Crippen LogP contribution in [0.1, 0.15) is 32.6 Å². The highest BCUT2D eigenvalue weighted by atomic mass is 32.2. The number of aliphatic hydroxyl groups excluding tert-OH is 1. The summed E-state index contributed by atoms with van der Waals surface area (Å²) in [4.78, 5) is 0. The predicted octanol–water partition coefficient (Wildman–Crippen LogP) is 2.73. The molecule has 0 radical (unpaired) electrons. The van der Waals surface area contributed by atoms with E-state index in [2.05, 4.69) is 6.92 Å². The summed E-state index contributed by atoms with van der Waals surface area (Å²) in [5.41, 5.74) is 0. The molecule has 1 saturated heterocycles. The molecule has 0 saturated carbocycles. The van der Waals surface area contributed by atoms with Gasteiger partial charge in [-0.2, -0.15) is 0 Å². The lowest BCUT2D eigenvalue weighted by Gasteiger charge is -2.07. The summed E-state index contributed by atoms with van der Waals surface area (Å²) in [5, 5.41) is 9.44. The van der Waals surface area contributed by atoms with Gasteiger partial charge in [0.05, 0.1) is 11.2 Å². The van der Waals surface area contributed by atoms with Gasteiger partial charge in [0, 0.05) is 11.0 Å². The summed E-state index contributed by atoms with van der Waals surface area (Å²) in [5.74, 6) is 1.15. The Bertz CT molecular complexity index is 119. The fourth-order valence-electron chi connectivity index (χ4n) is 1.32. The second-order valence-electron chi connectivity index (χ2n) is 3.20. The molecule has 1 aliphatic rings. The second-order valence-corrected chi connectivity index (χ2v) is 6.24. The molecule has 2 atom stereocenters. The lowest BCUT2D eigenvalue weighted by Crippen LogP contribution is -2.06. The highest BCUT2D eigenvalue weighted by molar-refractivity contribution is 8.20. The molecule has 1 N–H and O–H groups in total. The third-order valence-corrected chi connectivity index (χ3v) is 5.45. The Hall–Kier alpha value is 0.660. The number of unbranched alkanes of at least 4 members (excludes halogenated alkanes) is 2. The fraction of sp³-hybridized carbons (Fsp3) is 1.00. The molecule has 12 heavy (non-hydrogen) atoms. The van der Waals surface area contributed by atoms with E-state index in [0.29, 0.717) is 11.9 Å². The van der Waals surface area contributed by atoms with Crippen LogP contribution in [0, 0.1) is 0 Å². The Kier molecular flexibility index (Phi) is 5.52. The van der Waals surface area contributed by atoms with Crippen molar-refractivity contribution in [1.29, 1.82) is 0 Å². The number of thioether (sulfide) groups is 2. The first-order valence-corrected chi connectivity index (χ1v) is 6.74.